The second kappa shape index (κ2) is 7.65. The minimum atomic E-state index is 0.192. The number of benzene rings is 2. The first-order valence-electron chi connectivity index (χ1n) is 9.59. The number of hydrogen-bond donors (Lipinski definition) is 3. The molecule has 0 fully saturated rings. The summed E-state index contributed by atoms with van der Waals surface area (Å²) in [5.41, 5.74) is 10.4. The van der Waals surface area contributed by atoms with Crippen molar-refractivity contribution in [1.29, 1.82) is 0 Å². The first-order chi connectivity index (χ1) is 14.5. The van der Waals surface area contributed by atoms with Crippen LogP contribution in [0.5, 0.6) is 0 Å². The van der Waals surface area contributed by atoms with Crippen LogP contribution >= 0.6 is 34.5 Å². The number of guanidine groups is 1. The number of H-pyrrole nitrogens is 1. The third-order valence-corrected chi connectivity index (χ3v) is 7.01. The number of hydrogen-bond acceptors (Lipinski definition) is 4. The van der Waals surface area contributed by atoms with Crippen molar-refractivity contribution >= 4 is 66.7 Å². The topological polar surface area (TPSA) is 82.3 Å². The van der Waals surface area contributed by atoms with E-state index in [1.807, 2.05) is 36.4 Å². The number of aliphatic imine (C=N–C) groups is 1. The van der Waals surface area contributed by atoms with Crippen LogP contribution in [0.1, 0.15) is 17.2 Å². The van der Waals surface area contributed by atoms with Gasteiger partial charge in [-0.3, -0.25) is 4.99 Å². The number of anilines is 1. The lowest BCUT2D eigenvalue weighted by Crippen LogP contribution is -2.41. The van der Waals surface area contributed by atoms with Crippen molar-refractivity contribution in [2.75, 3.05) is 25.0 Å². The third-order valence-electron chi connectivity index (χ3n) is 5.46. The molecule has 30 heavy (non-hydrogen) atoms. The van der Waals surface area contributed by atoms with Crippen LogP contribution in [0.2, 0.25) is 10.0 Å². The number of nitrogens with one attached hydrogen (secondary N) is 2. The van der Waals surface area contributed by atoms with E-state index in [4.69, 9.17) is 33.9 Å². The molecule has 154 valence electrons. The Morgan fingerprint density at radius 1 is 1.30 bits per heavy atom. The van der Waals surface area contributed by atoms with Gasteiger partial charge in [0.05, 0.1) is 16.8 Å². The average Bonchev–Trinajstić information content (AvgIpc) is 3.32. The molecule has 0 radical (unpaired) electrons. The Morgan fingerprint density at radius 3 is 2.93 bits per heavy atom. The maximum atomic E-state index is 6.30. The molecular formula is C21H20Cl2N6S. The monoisotopic (exact) mass is 458 g/mol. The molecule has 0 saturated carbocycles. The van der Waals surface area contributed by atoms with Crippen molar-refractivity contribution in [2.24, 2.45) is 10.7 Å². The van der Waals surface area contributed by atoms with E-state index in [0.717, 1.165) is 49.4 Å². The fourth-order valence-electron chi connectivity index (χ4n) is 4.09. The molecule has 1 aliphatic rings. The number of aromatic amines is 1. The molecule has 0 aliphatic carbocycles. The largest absolute Gasteiger partial charge is 0.370 e. The highest BCUT2D eigenvalue weighted by Crippen LogP contribution is 2.39. The summed E-state index contributed by atoms with van der Waals surface area (Å²) in [5.74, 6) is 0.623. The first kappa shape index (κ1) is 19.5. The molecule has 4 aromatic rings. The fraction of sp³-hybridized carbons (Fsp3) is 0.238. The van der Waals surface area contributed by atoms with Crippen molar-refractivity contribution in [3.63, 3.8) is 0 Å². The predicted octanol–water partition coefficient (Wildman–Crippen LogP) is 4.72. The Bertz CT molecular complexity index is 1280. The lowest BCUT2D eigenvalue weighted by atomic mass is 9.92. The van der Waals surface area contributed by atoms with Crippen molar-refractivity contribution < 1.29 is 0 Å². The van der Waals surface area contributed by atoms with Gasteiger partial charge in [-0.2, -0.15) is 0 Å². The minimum absolute atomic E-state index is 0.192. The van der Waals surface area contributed by atoms with Crippen LogP contribution in [0.15, 0.2) is 41.4 Å². The normalized spacial score (nSPS) is 17.0. The molecule has 2 aromatic heterocycles. The van der Waals surface area contributed by atoms with E-state index in [0.29, 0.717) is 12.5 Å². The lowest BCUT2D eigenvalue weighted by Gasteiger charge is -2.33. The number of halogens is 2. The van der Waals surface area contributed by atoms with Gasteiger partial charge in [-0.05, 0) is 42.0 Å². The molecule has 1 unspecified atom stereocenters. The van der Waals surface area contributed by atoms with Gasteiger partial charge >= 0.3 is 0 Å². The molecule has 0 saturated heterocycles. The highest BCUT2D eigenvalue weighted by atomic mass is 35.5. The van der Waals surface area contributed by atoms with E-state index >= 15 is 0 Å². The van der Waals surface area contributed by atoms with Gasteiger partial charge in [0.15, 0.2) is 11.1 Å². The second-order valence-electron chi connectivity index (χ2n) is 7.38. The van der Waals surface area contributed by atoms with Gasteiger partial charge in [0.25, 0.3) is 0 Å². The van der Waals surface area contributed by atoms with E-state index in [-0.39, 0.29) is 5.92 Å². The number of fused-ring (bicyclic) bond motifs is 4. The van der Waals surface area contributed by atoms with Crippen LogP contribution in [-0.2, 0) is 6.54 Å². The van der Waals surface area contributed by atoms with Gasteiger partial charge in [-0.15, -0.1) is 0 Å². The van der Waals surface area contributed by atoms with E-state index in [1.165, 1.54) is 11.3 Å². The number of nitrogens with two attached hydrogens (primary N) is 1. The molecule has 1 aliphatic heterocycles. The van der Waals surface area contributed by atoms with Crippen LogP contribution in [0.3, 0.4) is 0 Å². The molecule has 4 N–H and O–H groups in total. The van der Waals surface area contributed by atoms with Crippen LogP contribution < -0.4 is 16.0 Å². The maximum absolute atomic E-state index is 6.30. The summed E-state index contributed by atoms with van der Waals surface area (Å²) in [6, 6.07) is 11.8. The zero-order valence-electron chi connectivity index (χ0n) is 16.2. The molecule has 0 spiro atoms. The summed E-state index contributed by atoms with van der Waals surface area (Å²) >= 11 is 14.1. The van der Waals surface area contributed by atoms with Crippen LogP contribution in [0.25, 0.3) is 21.1 Å². The summed E-state index contributed by atoms with van der Waals surface area (Å²) in [4.78, 5) is 14.8. The zero-order valence-corrected chi connectivity index (χ0v) is 18.6. The summed E-state index contributed by atoms with van der Waals surface area (Å²) in [6.07, 6.45) is 0. The highest BCUT2D eigenvalue weighted by Gasteiger charge is 2.30. The molecule has 2 aromatic carbocycles. The van der Waals surface area contributed by atoms with Gasteiger partial charge in [-0.1, -0.05) is 34.5 Å². The molecule has 0 bridgehead atoms. The second-order valence-corrected chi connectivity index (χ2v) is 9.26. The molecule has 1 atom stereocenters. The number of rotatable bonds is 3. The molecule has 0 amide bonds. The van der Waals surface area contributed by atoms with Crippen LogP contribution in [0, 0.1) is 0 Å². The Morgan fingerprint density at radius 2 is 2.10 bits per heavy atom. The molecule has 9 heteroatoms. The maximum Gasteiger partial charge on any atom is 0.188 e. The Hall–Kier alpha value is -2.48. The molecule has 5 rings (SSSR count). The summed E-state index contributed by atoms with van der Waals surface area (Å²) in [6.45, 7) is 2.23. The standard InChI is InChI=1S/C21H20Cl2N6S/c1-25-20(24)26-8-11-9-29(21-28-16-5-3-13(23)7-18(16)30-21)10-17-19(11)14-6-12(22)2-4-15(14)27-17/h2-7,11,27H,8-10H2,1H3,(H3,24,25,26). The molecule has 3 heterocycles. The SMILES string of the molecule is CN=C(N)NCC1CN(c2nc3ccc(Cl)cc3s2)Cc2[nH]c3ccc(Cl)cc3c21. The van der Waals surface area contributed by atoms with Crippen LogP contribution in [-0.4, -0.2) is 36.1 Å². The smallest absolute Gasteiger partial charge is 0.188 e. The summed E-state index contributed by atoms with van der Waals surface area (Å²) in [5, 5.41) is 6.84. The van der Waals surface area contributed by atoms with Crippen LogP contribution in [0.4, 0.5) is 5.13 Å². The van der Waals surface area contributed by atoms with E-state index in [1.54, 1.807) is 18.4 Å². The fourth-order valence-corrected chi connectivity index (χ4v) is 5.51. The summed E-state index contributed by atoms with van der Waals surface area (Å²) in [7, 11) is 1.68. The molecule has 6 nitrogen and oxygen atoms in total. The van der Waals surface area contributed by atoms with Crippen molar-refractivity contribution in [1.82, 2.24) is 15.3 Å². The van der Waals surface area contributed by atoms with Gasteiger partial charge in [-0.25, -0.2) is 4.98 Å². The summed E-state index contributed by atoms with van der Waals surface area (Å²) < 4.78 is 1.09. The van der Waals surface area contributed by atoms with Gasteiger partial charge < -0.3 is 20.9 Å². The van der Waals surface area contributed by atoms with E-state index < -0.39 is 0 Å². The van der Waals surface area contributed by atoms with Crippen molar-refractivity contribution in [3.8, 4) is 0 Å². The van der Waals surface area contributed by atoms with Gasteiger partial charge in [0.1, 0.15) is 0 Å². The van der Waals surface area contributed by atoms with E-state index in [9.17, 15) is 0 Å². The van der Waals surface area contributed by atoms with E-state index in [2.05, 4.69) is 20.2 Å². The van der Waals surface area contributed by atoms with Crippen molar-refractivity contribution in [2.45, 2.75) is 12.5 Å². The van der Waals surface area contributed by atoms with Gasteiger partial charge in [0.2, 0.25) is 0 Å². The molecular weight excluding hydrogens is 439 g/mol. The average molecular weight is 459 g/mol. The lowest BCUT2D eigenvalue weighted by molar-refractivity contribution is 0.585. The number of nitrogens with zero attached hydrogens (tertiary/aromatic N) is 3. The third kappa shape index (κ3) is 3.47. The quantitative estimate of drug-likeness (QED) is 0.306. The zero-order chi connectivity index (χ0) is 20.8. The minimum Gasteiger partial charge on any atom is -0.370 e. The Kier molecular flexibility index (Phi) is 4.97. The Labute approximate surface area is 187 Å². The predicted molar refractivity (Wildman–Crippen MR) is 127 cm³/mol. The van der Waals surface area contributed by atoms with Gasteiger partial charge in [0, 0.05) is 52.7 Å². The number of aromatic nitrogens is 2. The highest BCUT2D eigenvalue weighted by molar-refractivity contribution is 7.22. The van der Waals surface area contributed by atoms with Crippen molar-refractivity contribution in [3.05, 3.63) is 57.7 Å². The first-order valence-corrected chi connectivity index (χ1v) is 11.2. The Balaban J connectivity index is 1.56. The number of thiazole rings is 1.